The summed E-state index contributed by atoms with van der Waals surface area (Å²) in [4.78, 5) is 47.4. The molecule has 0 bridgehead atoms. The third-order valence-electron chi connectivity index (χ3n) is 6.20. The molecule has 1 aliphatic carbocycles. The Labute approximate surface area is 197 Å². The maximum absolute atomic E-state index is 12.4. The molecule has 0 saturated heterocycles. The molecule has 1 saturated carbocycles. The van der Waals surface area contributed by atoms with Gasteiger partial charge in [-0.25, -0.2) is 0 Å². The Morgan fingerprint density at radius 2 is 1.91 bits per heavy atom. The number of unbranched alkanes of at least 4 members (excludes halogenated alkanes) is 2. The first-order chi connectivity index (χ1) is 15.7. The molecule has 5 atom stereocenters. The van der Waals surface area contributed by atoms with E-state index in [1.807, 2.05) is 0 Å². The smallest absolute Gasteiger partial charge is 0.325 e. The highest BCUT2D eigenvalue weighted by Gasteiger charge is 2.40. The number of ether oxygens (including phenoxy) is 1. The Morgan fingerprint density at radius 3 is 2.58 bits per heavy atom. The number of Topliss-reactive ketones (excluding diaryl/α,β-unsaturated/α-hetero) is 2. The topological polar surface area (TPSA) is 130 Å². The zero-order chi connectivity index (χ0) is 24.8. The van der Waals surface area contributed by atoms with Crippen LogP contribution < -0.4 is 5.32 Å². The number of hydrogen-bond acceptors (Lipinski definition) is 7. The number of ketones is 2. The van der Waals surface area contributed by atoms with Gasteiger partial charge in [-0.15, -0.1) is 0 Å². The van der Waals surface area contributed by atoms with Gasteiger partial charge in [0.1, 0.15) is 18.1 Å². The van der Waals surface area contributed by atoms with Gasteiger partial charge in [0, 0.05) is 37.5 Å². The average Bonchev–Trinajstić information content (AvgIpc) is 3.03. The Bertz CT molecular complexity index is 676. The Morgan fingerprint density at radius 1 is 1.21 bits per heavy atom. The average molecular weight is 468 g/mol. The van der Waals surface area contributed by atoms with Crippen LogP contribution >= 0.6 is 0 Å². The number of aliphatic hydroxyl groups excluding tert-OH is 2. The van der Waals surface area contributed by atoms with Gasteiger partial charge in [0.25, 0.3) is 0 Å². The molecule has 8 nitrogen and oxygen atoms in total. The number of nitrogens with one attached hydrogen (secondary N) is 1. The van der Waals surface area contributed by atoms with Crippen LogP contribution in [0.2, 0.25) is 0 Å². The van der Waals surface area contributed by atoms with Crippen molar-refractivity contribution in [3.63, 3.8) is 0 Å². The van der Waals surface area contributed by atoms with E-state index in [0.717, 1.165) is 19.3 Å². The maximum Gasteiger partial charge on any atom is 0.325 e. The van der Waals surface area contributed by atoms with Crippen molar-refractivity contribution < 1.29 is 34.1 Å². The summed E-state index contributed by atoms with van der Waals surface area (Å²) in [5.74, 6) is -1.66. The van der Waals surface area contributed by atoms with Crippen molar-refractivity contribution in [2.75, 3.05) is 13.7 Å². The lowest BCUT2D eigenvalue weighted by atomic mass is 9.87. The van der Waals surface area contributed by atoms with Crippen LogP contribution in [0.25, 0.3) is 0 Å². The minimum atomic E-state index is -0.838. The lowest BCUT2D eigenvalue weighted by molar-refractivity contribution is -0.141. The van der Waals surface area contributed by atoms with Crippen LogP contribution in [0.5, 0.6) is 0 Å². The first-order valence-corrected chi connectivity index (χ1v) is 12.1. The van der Waals surface area contributed by atoms with E-state index in [1.54, 1.807) is 12.2 Å². The van der Waals surface area contributed by atoms with Crippen molar-refractivity contribution in [3.05, 3.63) is 12.2 Å². The number of rotatable bonds is 16. The SMILES string of the molecule is CCCC[C@H](C)C[C@@H](O)C=C[C@H]1[C@H](O)CC(=O)[C@@H]1CC(=O)CCCCC(=O)NCC(=O)OC. The zero-order valence-electron chi connectivity index (χ0n) is 20.3. The molecule has 3 N–H and O–H groups in total. The number of esters is 1. The van der Waals surface area contributed by atoms with Crippen molar-refractivity contribution in [3.8, 4) is 0 Å². The Kier molecular flexibility index (Phi) is 13.8. The zero-order valence-corrected chi connectivity index (χ0v) is 20.3. The van der Waals surface area contributed by atoms with Gasteiger partial charge < -0.3 is 20.3 Å². The largest absolute Gasteiger partial charge is 0.468 e. The summed E-state index contributed by atoms with van der Waals surface area (Å²) in [5.41, 5.74) is 0. The van der Waals surface area contributed by atoms with Gasteiger partial charge in [-0.1, -0.05) is 45.3 Å². The summed E-state index contributed by atoms with van der Waals surface area (Å²) in [6, 6.07) is 0. The second-order valence-electron chi connectivity index (χ2n) is 9.16. The molecule has 1 aliphatic rings. The van der Waals surface area contributed by atoms with Gasteiger partial charge in [-0.2, -0.15) is 0 Å². The van der Waals surface area contributed by atoms with E-state index < -0.39 is 30.0 Å². The first-order valence-electron chi connectivity index (χ1n) is 12.1. The van der Waals surface area contributed by atoms with E-state index in [2.05, 4.69) is 23.9 Å². The number of carbonyl (C=O) groups excluding carboxylic acids is 4. The molecule has 0 spiro atoms. The molecule has 0 aromatic rings. The van der Waals surface area contributed by atoms with Gasteiger partial charge in [0.15, 0.2) is 0 Å². The van der Waals surface area contributed by atoms with Gasteiger partial charge >= 0.3 is 5.97 Å². The highest BCUT2D eigenvalue weighted by Crippen LogP contribution is 2.34. The summed E-state index contributed by atoms with van der Waals surface area (Å²) in [5, 5.41) is 23.0. The minimum absolute atomic E-state index is 0.0241. The number of methoxy groups -OCH3 is 1. The predicted octanol–water partition coefficient (Wildman–Crippen LogP) is 2.49. The third kappa shape index (κ3) is 11.6. The lowest BCUT2D eigenvalue weighted by Gasteiger charge is -2.18. The molecule has 0 aliphatic heterocycles. The van der Waals surface area contributed by atoms with E-state index in [9.17, 15) is 29.4 Å². The normalized spacial score (nSPS) is 22.3. The van der Waals surface area contributed by atoms with Gasteiger partial charge in [-0.05, 0) is 25.2 Å². The number of hydrogen-bond donors (Lipinski definition) is 3. The molecule has 0 aromatic carbocycles. The van der Waals surface area contributed by atoms with Gasteiger partial charge in [0.05, 0.1) is 19.3 Å². The monoisotopic (exact) mass is 467 g/mol. The molecule has 188 valence electrons. The van der Waals surface area contributed by atoms with E-state index in [4.69, 9.17) is 0 Å². The lowest BCUT2D eigenvalue weighted by Crippen LogP contribution is -2.29. The minimum Gasteiger partial charge on any atom is -0.468 e. The highest BCUT2D eigenvalue weighted by atomic mass is 16.5. The van der Waals surface area contributed by atoms with Crippen LogP contribution in [-0.2, 0) is 23.9 Å². The Hall–Kier alpha value is -2.06. The van der Waals surface area contributed by atoms with Crippen LogP contribution in [-0.4, -0.2) is 59.5 Å². The van der Waals surface area contributed by atoms with E-state index in [0.29, 0.717) is 25.2 Å². The fourth-order valence-electron chi connectivity index (χ4n) is 4.19. The summed E-state index contributed by atoms with van der Waals surface area (Å²) in [7, 11) is 1.24. The van der Waals surface area contributed by atoms with E-state index >= 15 is 0 Å². The predicted molar refractivity (Wildman–Crippen MR) is 124 cm³/mol. The molecular weight excluding hydrogens is 426 g/mol. The fraction of sp³-hybridized carbons (Fsp3) is 0.760. The molecule has 0 radical (unpaired) electrons. The first kappa shape index (κ1) is 29.0. The van der Waals surface area contributed by atoms with Crippen LogP contribution in [0.4, 0.5) is 0 Å². The molecular formula is C25H41NO7. The summed E-state index contributed by atoms with van der Waals surface area (Å²) in [6.07, 6.45) is 7.32. The summed E-state index contributed by atoms with van der Waals surface area (Å²) >= 11 is 0. The van der Waals surface area contributed by atoms with Crippen molar-refractivity contribution in [2.24, 2.45) is 17.8 Å². The van der Waals surface area contributed by atoms with Crippen molar-refractivity contribution in [2.45, 2.75) is 90.3 Å². The molecule has 33 heavy (non-hydrogen) atoms. The molecule has 1 amide bonds. The van der Waals surface area contributed by atoms with Crippen molar-refractivity contribution in [1.29, 1.82) is 0 Å². The molecule has 0 unspecified atom stereocenters. The molecule has 8 heteroatoms. The molecule has 0 aromatic heterocycles. The molecule has 1 rings (SSSR count). The second-order valence-corrected chi connectivity index (χ2v) is 9.16. The standard InChI is InChI=1S/C25H41NO7/c1-4-5-8-17(2)13-19(28)11-12-20-21(23(30)15-22(20)29)14-18(27)9-6-7-10-24(31)26-16-25(32)33-3/h11-12,17,19-22,28-29H,4-10,13-16H2,1-3H3,(H,26,31)/t17-,19-,20+,21+,22+/m0/s1. The number of carbonyl (C=O) groups is 4. The fourth-order valence-corrected chi connectivity index (χ4v) is 4.19. The maximum atomic E-state index is 12.4. The molecule has 1 fully saturated rings. The Balaban J connectivity index is 2.44. The van der Waals surface area contributed by atoms with Crippen LogP contribution in [0.1, 0.15) is 78.1 Å². The van der Waals surface area contributed by atoms with Crippen LogP contribution in [0.3, 0.4) is 0 Å². The van der Waals surface area contributed by atoms with E-state index in [1.165, 1.54) is 7.11 Å². The summed E-state index contributed by atoms with van der Waals surface area (Å²) in [6.45, 7) is 4.06. The second kappa shape index (κ2) is 15.7. The quantitative estimate of drug-likeness (QED) is 0.181. The highest BCUT2D eigenvalue weighted by molar-refractivity contribution is 5.90. The number of amides is 1. The molecule has 0 heterocycles. The summed E-state index contributed by atoms with van der Waals surface area (Å²) < 4.78 is 4.44. The van der Waals surface area contributed by atoms with Crippen LogP contribution in [0.15, 0.2) is 12.2 Å². The van der Waals surface area contributed by atoms with Gasteiger partial charge in [0.2, 0.25) is 5.91 Å². The van der Waals surface area contributed by atoms with E-state index in [-0.39, 0.29) is 49.7 Å². The number of aliphatic hydroxyl groups is 2. The third-order valence-corrected chi connectivity index (χ3v) is 6.20. The van der Waals surface area contributed by atoms with Crippen molar-refractivity contribution >= 4 is 23.4 Å². The van der Waals surface area contributed by atoms with Gasteiger partial charge in [-0.3, -0.25) is 19.2 Å². The van der Waals surface area contributed by atoms with Crippen LogP contribution in [0, 0.1) is 17.8 Å². The van der Waals surface area contributed by atoms with Crippen molar-refractivity contribution in [1.82, 2.24) is 5.32 Å².